The summed E-state index contributed by atoms with van der Waals surface area (Å²) in [4.78, 5) is 10.8. The van der Waals surface area contributed by atoms with Gasteiger partial charge in [0.2, 0.25) is 0 Å². The second kappa shape index (κ2) is 6.32. The van der Waals surface area contributed by atoms with E-state index < -0.39 is 22.2 Å². The van der Waals surface area contributed by atoms with Gasteiger partial charge in [-0.05, 0) is 19.3 Å². The Morgan fingerprint density at radius 1 is 1.29 bits per heavy atom. The summed E-state index contributed by atoms with van der Waals surface area (Å²) in [5.41, 5.74) is 0. The van der Waals surface area contributed by atoms with Gasteiger partial charge >= 0.3 is 5.97 Å². The van der Waals surface area contributed by atoms with Crippen LogP contribution in [0.1, 0.15) is 39.0 Å². The van der Waals surface area contributed by atoms with Gasteiger partial charge in [-0.15, -0.1) is 0 Å². The summed E-state index contributed by atoms with van der Waals surface area (Å²) < 4.78 is 27.5. The van der Waals surface area contributed by atoms with Crippen molar-refractivity contribution in [2.45, 2.75) is 45.1 Å². The Bertz CT molecular complexity index is 347. The molecule has 1 atom stereocenters. The minimum Gasteiger partial charge on any atom is -0.480 e. The number of rotatable bonds is 5. The molecule has 0 amide bonds. The van der Waals surface area contributed by atoms with Crippen molar-refractivity contribution in [3.8, 4) is 0 Å². The summed E-state index contributed by atoms with van der Waals surface area (Å²) in [5.74, 6) is -1.13. The van der Waals surface area contributed by atoms with Crippen LogP contribution < -0.4 is 4.72 Å². The average molecular weight is 264 g/mol. The van der Waals surface area contributed by atoms with E-state index in [-0.39, 0.29) is 6.42 Å². The van der Waals surface area contributed by atoms with Gasteiger partial charge in [-0.25, -0.2) is 0 Å². The van der Waals surface area contributed by atoms with E-state index in [1.165, 1.54) is 4.31 Å². The number of hydrogen-bond donors (Lipinski definition) is 2. The fraction of sp³-hybridized carbons (Fsp3) is 0.900. The van der Waals surface area contributed by atoms with Crippen molar-refractivity contribution >= 4 is 16.2 Å². The standard InChI is InChI=1S/C10H20N2O4S/c1-2-9(10(13)14)11-17(15,16)12-7-5-3-4-6-8-12/h9,11H,2-8H2,1H3,(H,13,14)/t9-/m0/s1. The van der Waals surface area contributed by atoms with Crippen molar-refractivity contribution in [1.82, 2.24) is 9.03 Å². The maximum Gasteiger partial charge on any atom is 0.321 e. The quantitative estimate of drug-likeness (QED) is 0.759. The van der Waals surface area contributed by atoms with E-state index >= 15 is 0 Å². The lowest BCUT2D eigenvalue weighted by Crippen LogP contribution is -2.48. The largest absolute Gasteiger partial charge is 0.480 e. The Morgan fingerprint density at radius 3 is 2.24 bits per heavy atom. The van der Waals surface area contributed by atoms with Gasteiger partial charge in [-0.3, -0.25) is 4.79 Å². The molecule has 2 N–H and O–H groups in total. The molecule has 7 heteroatoms. The van der Waals surface area contributed by atoms with Crippen LogP contribution in [0.15, 0.2) is 0 Å². The fourth-order valence-electron chi connectivity index (χ4n) is 1.84. The van der Waals surface area contributed by atoms with Crippen LogP contribution in [-0.2, 0) is 15.0 Å². The van der Waals surface area contributed by atoms with Crippen molar-refractivity contribution in [2.24, 2.45) is 0 Å². The summed E-state index contributed by atoms with van der Waals surface area (Å²) >= 11 is 0. The van der Waals surface area contributed by atoms with Crippen LogP contribution in [0, 0.1) is 0 Å². The van der Waals surface area contributed by atoms with Crippen molar-refractivity contribution < 1.29 is 18.3 Å². The summed E-state index contributed by atoms with van der Waals surface area (Å²) in [6, 6.07) is -1.04. The van der Waals surface area contributed by atoms with Crippen LogP contribution in [0.4, 0.5) is 0 Å². The molecular weight excluding hydrogens is 244 g/mol. The van der Waals surface area contributed by atoms with Crippen LogP contribution in [0.25, 0.3) is 0 Å². The zero-order chi connectivity index (χ0) is 12.9. The third-order valence-electron chi connectivity index (χ3n) is 2.90. The normalized spacial score (nSPS) is 20.8. The topological polar surface area (TPSA) is 86.7 Å². The molecule has 6 nitrogen and oxygen atoms in total. The lowest BCUT2D eigenvalue weighted by Gasteiger charge is -2.22. The maximum absolute atomic E-state index is 12.0. The van der Waals surface area contributed by atoms with Crippen LogP contribution in [-0.4, -0.2) is 42.9 Å². The zero-order valence-corrected chi connectivity index (χ0v) is 10.9. The first-order chi connectivity index (χ1) is 7.97. The van der Waals surface area contributed by atoms with Crippen LogP contribution in [0.3, 0.4) is 0 Å². The minimum absolute atomic E-state index is 0.238. The number of nitrogens with one attached hydrogen (secondary N) is 1. The highest BCUT2D eigenvalue weighted by atomic mass is 32.2. The molecule has 0 spiro atoms. The summed E-state index contributed by atoms with van der Waals surface area (Å²) in [7, 11) is -3.66. The van der Waals surface area contributed by atoms with E-state index in [2.05, 4.69) is 4.72 Å². The Kier molecular flexibility index (Phi) is 5.35. The van der Waals surface area contributed by atoms with E-state index in [1.807, 2.05) is 0 Å². The number of nitrogens with zero attached hydrogens (tertiary/aromatic N) is 1. The molecule has 1 heterocycles. The van der Waals surface area contributed by atoms with Gasteiger partial charge in [0.1, 0.15) is 6.04 Å². The first kappa shape index (κ1) is 14.4. The fourth-order valence-corrected chi connectivity index (χ4v) is 3.36. The minimum atomic E-state index is -3.66. The molecule has 0 aromatic rings. The molecule has 0 aliphatic carbocycles. The molecule has 0 radical (unpaired) electrons. The molecule has 0 aromatic carbocycles. The molecular formula is C10H20N2O4S. The highest BCUT2D eigenvalue weighted by Crippen LogP contribution is 2.13. The first-order valence-electron chi connectivity index (χ1n) is 5.97. The molecule has 1 saturated heterocycles. The van der Waals surface area contributed by atoms with Crippen LogP contribution in [0.5, 0.6) is 0 Å². The van der Waals surface area contributed by atoms with Crippen molar-refractivity contribution in [2.75, 3.05) is 13.1 Å². The van der Waals surface area contributed by atoms with Gasteiger partial charge in [0.25, 0.3) is 10.2 Å². The Balaban J connectivity index is 2.68. The molecule has 17 heavy (non-hydrogen) atoms. The Labute approximate surface area is 102 Å². The number of carbonyl (C=O) groups is 1. The average Bonchev–Trinajstić information content (AvgIpc) is 2.54. The lowest BCUT2D eigenvalue weighted by molar-refractivity contribution is -0.139. The highest BCUT2D eigenvalue weighted by Gasteiger charge is 2.28. The molecule has 0 aromatic heterocycles. The third kappa shape index (κ3) is 4.25. The Morgan fingerprint density at radius 2 is 1.82 bits per heavy atom. The van der Waals surface area contributed by atoms with Crippen LogP contribution >= 0.6 is 0 Å². The first-order valence-corrected chi connectivity index (χ1v) is 7.41. The molecule has 100 valence electrons. The highest BCUT2D eigenvalue weighted by molar-refractivity contribution is 7.87. The van der Waals surface area contributed by atoms with E-state index in [0.29, 0.717) is 13.1 Å². The van der Waals surface area contributed by atoms with Gasteiger partial charge < -0.3 is 5.11 Å². The van der Waals surface area contributed by atoms with Crippen LogP contribution in [0.2, 0.25) is 0 Å². The zero-order valence-electron chi connectivity index (χ0n) is 10.1. The predicted octanol–water partition coefficient (Wildman–Crippen LogP) is 0.560. The Hall–Kier alpha value is -0.660. The number of carboxylic acid groups (broad SMARTS) is 1. The number of hydrogen-bond acceptors (Lipinski definition) is 3. The number of aliphatic carboxylic acids is 1. The van der Waals surface area contributed by atoms with Crippen molar-refractivity contribution in [3.63, 3.8) is 0 Å². The molecule has 1 rings (SSSR count). The van der Waals surface area contributed by atoms with Crippen molar-refractivity contribution in [3.05, 3.63) is 0 Å². The molecule has 1 aliphatic rings. The molecule has 0 unspecified atom stereocenters. The van der Waals surface area contributed by atoms with E-state index in [1.54, 1.807) is 6.92 Å². The van der Waals surface area contributed by atoms with Gasteiger partial charge in [0.05, 0.1) is 0 Å². The van der Waals surface area contributed by atoms with E-state index in [4.69, 9.17) is 5.11 Å². The smallest absolute Gasteiger partial charge is 0.321 e. The molecule has 0 bridgehead atoms. The summed E-state index contributed by atoms with van der Waals surface area (Å²) in [6.45, 7) is 2.60. The monoisotopic (exact) mass is 264 g/mol. The predicted molar refractivity (Wildman–Crippen MR) is 63.8 cm³/mol. The second-order valence-electron chi connectivity index (χ2n) is 4.24. The lowest BCUT2D eigenvalue weighted by atomic mass is 10.2. The van der Waals surface area contributed by atoms with Crippen molar-refractivity contribution in [1.29, 1.82) is 0 Å². The van der Waals surface area contributed by atoms with E-state index in [0.717, 1.165) is 25.7 Å². The maximum atomic E-state index is 12.0. The van der Waals surface area contributed by atoms with Gasteiger partial charge in [-0.2, -0.15) is 17.4 Å². The van der Waals surface area contributed by atoms with E-state index in [9.17, 15) is 13.2 Å². The molecule has 0 saturated carbocycles. The SMILES string of the molecule is CC[C@H](NS(=O)(=O)N1CCCCCC1)C(=O)O. The van der Waals surface area contributed by atoms with Gasteiger partial charge in [0, 0.05) is 13.1 Å². The van der Waals surface area contributed by atoms with Gasteiger partial charge in [-0.1, -0.05) is 19.8 Å². The van der Waals surface area contributed by atoms with Gasteiger partial charge in [0.15, 0.2) is 0 Å². The second-order valence-corrected chi connectivity index (χ2v) is 5.94. The molecule has 1 fully saturated rings. The summed E-state index contributed by atoms with van der Waals surface area (Å²) in [6.07, 6.45) is 3.97. The number of carboxylic acids is 1. The third-order valence-corrected chi connectivity index (χ3v) is 4.53. The summed E-state index contributed by atoms with van der Waals surface area (Å²) in [5, 5.41) is 8.85. The molecule has 1 aliphatic heterocycles.